The fraction of sp³-hybridized carbons (Fsp3) is 0.471. The SMILES string of the molecule is C[C@@H]1CCCC[C@H]1NC(=O)NC(=O)Cn1c(-c2ccccn2)noc1=O. The van der Waals surface area contributed by atoms with Crippen molar-refractivity contribution in [3.05, 3.63) is 34.9 Å². The summed E-state index contributed by atoms with van der Waals surface area (Å²) >= 11 is 0. The number of aromatic nitrogens is 3. The van der Waals surface area contributed by atoms with E-state index in [1.807, 2.05) is 0 Å². The maximum Gasteiger partial charge on any atom is 0.442 e. The second-order valence-electron chi connectivity index (χ2n) is 6.46. The highest BCUT2D eigenvalue weighted by molar-refractivity contribution is 5.94. The minimum atomic E-state index is -0.790. The van der Waals surface area contributed by atoms with E-state index < -0.39 is 17.7 Å². The van der Waals surface area contributed by atoms with Crippen molar-refractivity contribution in [3.63, 3.8) is 0 Å². The molecule has 1 fully saturated rings. The molecule has 0 saturated heterocycles. The van der Waals surface area contributed by atoms with E-state index in [0.29, 0.717) is 11.6 Å². The van der Waals surface area contributed by atoms with Crippen molar-refractivity contribution in [3.8, 4) is 11.5 Å². The highest BCUT2D eigenvalue weighted by Gasteiger charge is 2.24. The molecule has 0 unspecified atom stereocenters. The van der Waals surface area contributed by atoms with Gasteiger partial charge in [0.25, 0.3) is 0 Å². The molecule has 0 bridgehead atoms. The van der Waals surface area contributed by atoms with Crippen LogP contribution in [-0.2, 0) is 11.3 Å². The summed E-state index contributed by atoms with van der Waals surface area (Å²) in [5, 5.41) is 8.74. The first-order chi connectivity index (χ1) is 12.5. The van der Waals surface area contributed by atoms with Crippen molar-refractivity contribution >= 4 is 11.9 Å². The number of rotatable bonds is 4. The van der Waals surface area contributed by atoms with Gasteiger partial charge in [-0.1, -0.05) is 31.0 Å². The number of amides is 3. The van der Waals surface area contributed by atoms with Gasteiger partial charge in [-0.05, 0) is 30.9 Å². The van der Waals surface area contributed by atoms with E-state index in [2.05, 4.69) is 32.2 Å². The van der Waals surface area contributed by atoms with Crippen LogP contribution in [0.25, 0.3) is 11.5 Å². The summed E-state index contributed by atoms with van der Waals surface area (Å²) in [5.41, 5.74) is 0.395. The zero-order valence-electron chi connectivity index (χ0n) is 14.5. The second-order valence-corrected chi connectivity index (χ2v) is 6.46. The Kier molecular flexibility index (Phi) is 5.45. The van der Waals surface area contributed by atoms with E-state index in [4.69, 9.17) is 0 Å². The van der Waals surface area contributed by atoms with Gasteiger partial charge in [-0.15, -0.1) is 0 Å². The van der Waals surface area contributed by atoms with Crippen LogP contribution in [0.1, 0.15) is 32.6 Å². The molecule has 3 amide bonds. The lowest BCUT2D eigenvalue weighted by molar-refractivity contribution is -0.120. The molecule has 2 heterocycles. The van der Waals surface area contributed by atoms with Gasteiger partial charge in [0.1, 0.15) is 12.2 Å². The molecule has 9 heteroatoms. The molecule has 26 heavy (non-hydrogen) atoms. The topological polar surface area (TPSA) is 119 Å². The molecule has 1 aliphatic carbocycles. The van der Waals surface area contributed by atoms with Crippen molar-refractivity contribution in [2.24, 2.45) is 5.92 Å². The van der Waals surface area contributed by atoms with Crippen LogP contribution in [0.2, 0.25) is 0 Å². The minimum Gasteiger partial charge on any atom is -0.335 e. The van der Waals surface area contributed by atoms with Gasteiger partial charge in [-0.3, -0.25) is 19.6 Å². The summed E-state index contributed by atoms with van der Waals surface area (Å²) in [6, 6.07) is 4.58. The Balaban J connectivity index is 1.63. The maximum absolute atomic E-state index is 12.2. The fourth-order valence-electron chi connectivity index (χ4n) is 3.13. The Morgan fingerprint density at radius 2 is 2.12 bits per heavy atom. The summed E-state index contributed by atoms with van der Waals surface area (Å²) in [5.74, 6) is -0.913. The molecule has 3 rings (SSSR count). The summed E-state index contributed by atoms with van der Waals surface area (Å²) < 4.78 is 5.66. The van der Waals surface area contributed by atoms with E-state index >= 15 is 0 Å². The van der Waals surface area contributed by atoms with Crippen molar-refractivity contribution in [1.82, 2.24) is 25.3 Å². The van der Waals surface area contributed by atoms with Gasteiger partial charge >= 0.3 is 11.8 Å². The van der Waals surface area contributed by atoms with Gasteiger partial charge in [0.15, 0.2) is 0 Å². The Hall–Kier alpha value is -2.97. The molecule has 2 atom stereocenters. The average Bonchev–Trinajstić information content (AvgIpc) is 2.98. The summed E-state index contributed by atoms with van der Waals surface area (Å²) in [4.78, 5) is 40.1. The molecule has 9 nitrogen and oxygen atoms in total. The first-order valence-corrected chi connectivity index (χ1v) is 8.63. The van der Waals surface area contributed by atoms with E-state index in [1.54, 1.807) is 18.2 Å². The van der Waals surface area contributed by atoms with Crippen molar-refractivity contribution < 1.29 is 14.1 Å². The number of hydrogen-bond donors (Lipinski definition) is 2. The summed E-state index contributed by atoms with van der Waals surface area (Å²) in [6.45, 7) is 1.70. The molecule has 0 radical (unpaired) electrons. The molecule has 2 N–H and O–H groups in total. The van der Waals surface area contributed by atoms with E-state index in [9.17, 15) is 14.4 Å². The third-order valence-electron chi connectivity index (χ3n) is 4.56. The monoisotopic (exact) mass is 359 g/mol. The fourth-order valence-corrected chi connectivity index (χ4v) is 3.13. The van der Waals surface area contributed by atoms with Gasteiger partial charge < -0.3 is 5.32 Å². The highest BCUT2D eigenvalue weighted by atomic mass is 16.5. The molecular formula is C17H21N5O4. The average molecular weight is 359 g/mol. The number of urea groups is 1. The van der Waals surface area contributed by atoms with Crippen LogP contribution in [0, 0.1) is 5.92 Å². The maximum atomic E-state index is 12.2. The van der Waals surface area contributed by atoms with Gasteiger partial charge in [0.05, 0.1) is 0 Å². The summed E-state index contributed by atoms with van der Waals surface area (Å²) in [6.07, 6.45) is 5.72. The molecule has 1 aliphatic rings. The Bertz CT molecular complexity index is 829. The predicted molar refractivity (Wildman–Crippen MR) is 92.1 cm³/mol. The van der Waals surface area contributed by atoms with Crippen LogP contribution in [0.15, 0.2) is 33.7 Å². The molecule has 0 aliphatic heterocycles. The molecule has 2 aromatic rings. The summed E-state index contributed by atoms with van der Waals surface area (Å²) in [7, 11) is 0. The van der Waals surface area contributed by atoms with Crippen LogP contribution in [0.4, 0.5) is 4.79 Å². The zero-order valence-corrected chi connectivity index (χ0v) is 14.5. The number of hydrogen-bond acceptors (Lipinski definition) is 6. The molecular weight excluding hydrogens is 338 g/mol. The molecule has 138 valence electrons. The normalized spacial score (nSPS) is 19.7. The third-order valence-corrected chi connectivity index (χ3v) is 4.56. The predicted octanol–water partition coefficient (Wildman–Crippen LogP) is 1.30. The Morgan fingerprint density at radius 1 is 1.31 bits per heavy atom. The standard InChI is InChI=1S/C17H21N5O4/c1-11-6-2-3-7-12(11)19-16(24)20-14(23)10-22-15(21-26-17(22)25)13-8-4-5-9-18-13/h4-5,8-9,11-12H,2-3,6-7,10H2,1H3,(H2,19,20,23,24)/t11-,12-/m1/s1. The van der Waals surface area contributed by atoms with Crippen LogP contribution in [0.3, 0.4) is 0 Å². The molecule has 0 aromatic carbocycles. The van der Waals surface area contributed by atoms with Gasteiger partial charge in [0, 0.05) is 12.2 Å². The van der Waals surface area contributed by atoms with Gasteiger partial charge in [-0.25, -0.2) is 14.2 Å². The number of carbonyl (C=O) groups excluding carboxylic acids is 2. The van der Waals surface area contributed by atoms with E-state index in [0.717, 1.165) is 30.3 Å². The number of imide groups is 1. The second kappa shape index (κ2) is 7.94. The Morgan fingerprint density at radius 3 is 2.85 bits per heavy atom. The van der Waals surface area contributed by atoms with Gasteiger partial charge in [0.2, 0.25) is 11.7 Å². The van der Waals surface area contributed by atoms with Crippen molar-refractivity contribution in [2.75, 3.05) is 0 Å². The van der Waals surface area contributed by atoms with Crippen LogP contribution in [-0.4, -0.2) is 32.7 Å². The molecule has 2 aromatic heterocycles. The number of nitrogens with one attached hydrogen (secondary N) is 2. The van der Waals surface area contributed by atoms with E-state index in [-0.39, 0.29) is 18.4 Å². The first-order valence-electron chi connectivity index (χ1n) is 8.63. The van der Waals surface area contributed by atoms with E-state index in [1.165, 1.54) is 6.20 Å². The molecule has 1 saturated carbocycles. The lowest BCUT2D eigenvalue weighted by Gasteiger charge is -2.29. The van der Waals surface area contributed by atoms with Crippen molar-refractivity contribution in [2.45, 2.75) is 45.2 Å². The lowest BCUT2D eigenvalue weighted by atomic mass is 9.86. The van der Waals surface area contributed by atoms with Gasteiger partial charge in [-0.2, -0.15) is 0 Å². The third kappa shape index (κ3) is 4.16. The minimum absolute atomic E-state index is 0.0546. The zero-order chi connectivity index (χ0) is 18.5. The van der Waals surface area contributed by atoms with Crippen LogP contribution >= 0.6 is 0 Å². The number of carbonyl (C=O) groups is 2. The smallest absolute Gasteiger partial charge is 0.335 e. The molecule has 0 spiro atoms. The van der Waals surface area contributed by atoms with Crippen molar-refractivity contribution in [1.29, 1.82) is 0 Å². The quantitative estimate of drug-likeness (QED) is 0.849. The lowest BCUT2D eigenvalue weighted by Crippen LogP contribution is -2.48. The highest BCUT2D eigenvalue weighted by Crippen LogP contribution is 2.23. The Labute approximate surface area is 149 Å². The largest absolute Gasteiger partial charge is 0.442 e. The first kappa shape index (κ1) is 17.8. The van der Waals surface area contributed by atoms with Crippen LogP contribution < -0.4 is 16.4 Å². The number of nitrogens with zero attached hydrogens (tertiary/aromatic N) is 3. The van der Waals surface area contributed by atoms with Crippen LogP contribution in [0.5, 0.6) is 0 Å². The number of pyridine rings is 1.